The van der Waals surface area contributed by atoms with E-state index in [1.54, 1.807) is 47.4 Å². The molecule has 0 aliphatic carbocycles. The van der Waals surface area contributed by atoms with E-state index in [1.165, 1.54) is 6.07 Å². The van der Waals surface area contributed by atoms with Gasteiger partial charge in [-0.1, -0.05) is 42.5 Å². The highest BCUT2D eigenvalue weighted by Crippen LogP contribution is 2.38. The summed E-state index contributed by atoms with van der Waals surface area (Å²) in [5, 5.41) is 2.92. The van der Waals surface area contributed by atoms with E-state index in [1.807, 2.05) is 4.90 Å². The summed E-state index contributed by atoms with van der Waals surface area (Å²) in [7, 11) is 0. The standard InChI is InChI=1S/C27H30F3N3O3/c28-27(29,30)22-7-6-19(15-21(22)20-4-2-1-3-5-20)14-18-8-11-32(12-9-18)26(35)33-13-10-24-23(16-33)31-25(34)17-36-24/h1-7,15,18,23-24H,8-14,16-17H2,(H,31,34)/t23-,24+/m1/s1. The van der Waals surface area contributed by atoms with E-state index >= 15 is 0 Å². The number of morpholine rings is 1. The van der Waals surface area contributed by atoms with Crippen LogP contribution in [0.3, 0.4) is 0 Å². The second-order valence-electron chi connectivity index (χ2n) is 9.92. The van der Waals surface area contributed by atoms with Gasteiger partial charge < -0.3 is 19.9 Å². The topological polar surface area (TPSA) is 61.9 Å². The number of nitrogens with zero attached hydrogens (tertiary/aromatic N) is 2. The molecule has 0 spiro atoms. The van der Waals surface area contributed by atoms with Crippen LogP contribution in [0.2, 0.25) is 0 Å². The number of carbonyl (C=O) groups excluding carboxylic acids is 2. The van der Waals surface area contributed by atoms with Gasteiger partial charge in [0.25, 0.3) is 0 Å². The molecule has 6 nitrogen and oxygen atoms in total. The van der Waals surface area contributed by atoms with Gasteiger partial charge in [0.05, 0.1) is 17.7 Å². The van der Waals surface area contributed by atoms with Crippen molar-refractivity contribution in [2.75, 3.05) is 32.8 Å². The summed E-state index contributed by atoms with van der Waals surface area (Å²) in [6.45, 7) is 2.35. The van der Waals surface area contributed by atoms with Gasteiger partial charge in [-0.2, -0.15) is 13.2 Å². The number of urea groups is 1. The van der Waals surface area contributed by atoms with Gasteiger partial charge in [0, 0.05) is 26.2 Å². The molecule has 0 unspecified atom stereocenters. The van der Waals surface area contributed by atoms with Crippen LogP contribution in [0.5, 0.6) is 0 Å². The smallest absolute Gasteiger partial charge is 0.366 e. The lowest BCUT2D eigenvalue weighted by atomic mass is 9.88. The van der Waals surface area contributed by atoms with E-state index in [0.717, 1.165) is 18.4 Å². The molecule has 36 heavy (non-hydrogen) atoms. The second kappa shape index (κ2) is 10.1. The van der Waals surface area contributed by atoms with Crippen molar-refractivity contribution in [3.8, 4) is 11.1 Å². The number of nitrogens with one attached hydrogen (secondary N) is 1. The molecular formula is C27H30F3N3O3. The summed E-state index contributed by atoms with van der Waals surface area (Å²) in [6.07, 6.45) is -1.49. The quantitative estimate of drug-likeness (QED) is 0.681. The second-order valence-corrected chi connectivity index (χ2v) is 9.92. The highest BCUT2D eigenvalue weighted by Gasteiger charge is 2.38. The number of alkyl halides is 3. The van der Waals surface area contributed by atoms with Crippen LogP contribution in [0, 0.1) is 5.92 Å². The van der Waals surface area contributed by atoms with Crippen molar-refractivity contribution in [3.63, 3.8) is 0 Å². The molecule has 0 bridgehead atoms. The van der Waals surface area contributed by atoms with Crippen LogP contribution in [0.4, 0.5) is 18.0 Å². The molecule has 2 aromatic rings. The van der Waals surface area contributed by atoms with Gasteiger partial charge in [-0.25, -0.2) is 4.79 Å². The first-order valence-corrected chi connectivity index (χ1v) is 12.5. The Bertz CT molecular complexity index is 1100. The third kappa shape index (κ3) is 5.36. The fraction of sp³-hybridized carbons (Fsp3) is 0.481. The molecule has 3 saturated heterocycles. The molecule has 0 radical (unpaired) electrons. The Morgan fingerprint density at radius 2 is 1.72 bits per heavy atom. The van der Waals surface area contributed by atoms with E-state index in [2.05, 4.69) is 5.32 Å². The Morgan fingerprint density at radius 1 is 1.00 bits per heavy atom. The number of piperidine rings is 2. The zero-order valence-electron chi connectivity index (χ0n) is 20.0. The van der Waals surface area contributed by atoms with Crippen LogP contribution in [0.15, 0.2) is 48.5 Å². The fourth-order valence-corrected chi connectivity index (χ4v) is 5.56. The Hall–Kier alpha value is -3.07. The largest absolute Gasteiger partial charge is 0.417 e. The lowest BCUT2D eigenvalue weighted by Crippen LogP contribution is -2.62. The Morgan fingerprint density at radius 3 is 2.44 bits per heavy atom. The van der Waals surface area contributed by atoms with Crippen LogP contribution < -0.4 is 5.32 Å². The predicted octanol–water partition coefficient (Wildman–Crippen LogP) is 4.34. The Labute approximate surface area is 208 Å². The summed E-state index contributed by atoms with van der Waals surface area (Å²) in [6, 6.07) is 12.9. The monoisotopic (exact) mass is 501 g/mol. The van der Waals surface area contributed by atoms with Gasteiger partial charge in [0.1, 0.15) is 6.61 Å². The van der Waals surface area contributed by atoms with Gasteiger partial charge in [0.15, 0.2) is 0 Å². The number of halogens is 3. The minimum absolute atomic E-state index is 0.0207. The Balaban J connectivity index is 1.20. The number of benzene rings is 2. The van der Waals surface area contributed by atoms with Crippen molar-refractivity contribution in [3.05, 3.63) is 59.7 Å². The average Bonchev–Trinajstić information content (AvgIpc) is 2.88. The summed E-state index contributed by atoms with van der Waals surface area (Å²) in [5.41, 5.74) is 1.01. The minimum atomic E-state index is -4.42. The highest BCUT2D eigenvalue weighted by atomic mass is 19.4. The van der Waals surface area contributed by atoms with Crippen molar-refractivity contribution >= 4 is 11.9 Å². The first-order valence-electron chi connectivity index (χ1n) is 12.5. The van der Waals surface area contributed by atoms with Gasteiger partial charge in [-0.05, 0) is 54.4 Å². The molecular weight excluding hydrogens is 471 g/mol. The molecule has 3 aliphatic rings. The number of hydrogen-bond donors (Lipinski definition) is 1. The normalized spacial score (nSPS) is 23.2. The van der Waals surface area contributed by atoms with Crippen LogP contribution in [0.25, 0.3) is 11.1 Å². The number of hydrogen-bond acceptors (Lipinski definition) is 3. The molecule has 3 amide bonds. The van der Waals surface area contributed by atoms with E-state index in [0.29, 0.717) is 50.5 Å². The lowest BCUT2D eigenvalue weighted by molar-refractivity contribution is -0.139. The van der Waals surface area contributed by atoms with Crippen molar-refractivity contribution in [1.82, 2.24) is 15.1 Å². The maximum absolute atomic E-state index is 13.6. The van der Waals surface area contributed by atoms with E-state index in [4.69, 9.17) is 4.74 Å². The first-order chi connectivity index (χ1) is 17.3. The van der Waals surface area contributed by atoms with Crippen molar-refractivity contribution in [2.24, 2.45) is 5.92 Å². The predicted molar refractivity (Wildman–Crippen MR) is 128 cm³/mol. The van der Waals surface area contributed by atoms with Crippen LogP contribution in [0.1, 0.15) is 30.4 Å². The van der Waals surface area contributed by atoms with Crippen LogP contribution in [-0.2, 0) is 22.1 Å². The molecule has 3 fully saturated rings. The van der Waals surface area contributed by atoms with Crippen LogP contribution in [-0.4, -0.2) is 66.7 Å². The fourth-order valence-electron chi connectivity index (χ4n) is 5.56. The molecule has 192 valence electrons. The van der Waals surface area contributed by atoms with Crippen molar-refractivity contribution in [1.29, 1.82) is 0 Å². The maximum Gasteiger partial charge on any atom is 0.417 e. The summed E-state index contributed by atoms with van der Waals surface area (Å²) < 4.78 is 46.5. The SMILES string of the molecule is O=C1CO[C@H]2CCN(C(=O)N3CCC(Cc4ccc(C(F)(F)F)c(-c5ccccc5)c4)CC3)C[C@H]2N1. The molecule has 0 saturated carbocycles. The van der Waals surface area contributed by atoms with E-state index in [9.17, 15) is 22.8 Å². The van der Waals surface area contributed by atoms with Gasteiger partial charge in [0.2, 0.25) is 5.91 Å². The van der Waals surface area contributed by atoms with Gasteiger partial charge >= 0.3 is 12.2 Å². The minimum Gasteiger partial charge on any atom is -0.366 e. The van der Waals surface area contributed by atoms with Crippen molar-refractivity contribution < 1.29 is 27.5 Å². The zero-order valence-corrected chi connectivity index (χ0v) is 20.0. The third-order valence-electron chi connectivity index (χ3n) is 7.48. The molecule has 3 heterocycles. The summed E-state index contributed by atoms with van der Waals surface area (Å²) >= 11 is 0. The number of ether oxygens (including phenoxy) is 1. The molecule has 9 heteroatoms. The van der Waals surface area contributed by atoms with Gasteiger partial charge in [-0.3, -0.25) is 4.79 Å². The molecule has 3 aliphatic heterocycles. The van der Waals surface area contributed by atoms with Crippen molar-refractivity contribution in [2.45, 2.75) is 44.0 Å². The summed E-state index contributed by atoms with van der Waals surface area (Å²) in [5.74, 6) is 0.149. The first kappa shape index (κ1) is 24.6. The molecule has 2 atom stereocenters. The molecule has 2 aromatic carbocycles. The van der Waals surface area contributed by atoms with E-state index in [-0.39, 0.29) is 36.3 Å². The average molecular weight is 502 g/mol. The molecule has 5 rings (SSSR count). The number of amides is 3. The van der Waals surface area contributed by atoms with Gasteiger partial charge in [-0.15, -0.1) is 0 Å². The lowest BCUT2D eigenvalue weighted by Gasteiger charge is -2.43. The summed E-state index contributed by atoms with van der Waals surface area (Å²) in [4.78, 5) is 28.4. The third-order valence-corrected chi connectivity index (χ3v) is 7.48. The number of carbonyl (C=O) groups is 2. The van der Waals surface area contributed by atoms with E-state index < -0.39 is 11.7 Å². The van der Waals surface area contributed by atoms with Crippen LogP contribution >= 0.6 is 0 Å². The zero-order chi connectivity index (χ0) is 25.3. The molecule has 0 aromatic heterocycles. The highest BCUT2D eigenvalue weighted by molar-refractivity contribution is 5.79. The number of likely N-dealkylation sites (tertiary alicyclic amines) is 2. The number of rotatable bonds is 3. The Kier molecular flexibility index (Phi) is 6.92. The maximum atomic E-state index is 13.6. The number of fused-ring (bicyclic) bond motifs is 1. The molecule has 1 N–H and O–H groups in total.